The van der Waals surface area contributed by atoms with Crippen LogP contribution >= 0.6 is 0 Å². The van der Waals surface area contributed by atoms with Gasteiger partial charge in [-0.3, -0.25) is 0 Å². The lowest BCUT2D eigenvalue weighted by atomic mass is 9.98. The molecule has 0 aliphatic carbocycles. The van der Waals surface area contributed by atoms with Gasteiger partial charge in [-0.2, -0.15) is 0 Å². The molecule has 0 bridgehead atoms. The van der Waals surface area contributed by atoms with Crippen LogP contribution < -0.4 is 0 Å². The first kappa shape index (κ1) is 10.9. The molecule has 0 saturated carbocycles. The zero-order valence-corrected chi connectivity index (χ0v) is 8.68. The van der Waals surface area contributed by atoms with E-state index in [0.717, 1.165) is 0 Å². The molecule has 1 nitrogen and oxygen atoms in total. The lowest BCUT2D eigenvalue weighted by Gasteiger charge is -2.21. The quantitative estimate of drug-likeness (QED) is 0.653. The highest BCUT2D eigenvalue weighted by Gasteiger charge is 2.51. The van der Waals surface area contributed by atoms with E-state index >= 15 is 0 Å². The Labute approximate surface area is 78.5 Å². The normalized spacial score (nSPS) is 33.2. The van der Waals surface area contributed by atoms with Crippen molar-refractivity contribution in [2.75, 3.05) is 0 Å². The number of rotatable bonds is 2. The Bertz CT molecular complexity index is 178. The predicted octanol–water partition coefficient (Wildman–Crippen LogP) is 3.09. The Morgan fingerprint density at radius 1 is 1.15 bits per heavy atom. The number of hydrogen-bond donors (Lipinski definition) is 0. The fourth-order valence-corrected chi connectivity index (χ4v) is 1.76. The van der Waals surface area contributed by atoms with Gasteiger partial charge in [-0.05, 0) is 11.8 Å². The molecule has 1 rings (SSSR count). The first-order valence-electron chi connectivity index (χ1n) is 4.88. The minimum absolute atomic E-state index is 0.112. The predicted molar refractivity (Wildman–Crippen MR) is 47.9 cm³/mol. The summed E-state index contributed by atoms with van der Waals surface area (Å²) in [4.78, 5) is 0. The zero-order valence-electron chi connectivity index (χ0n) is 8.68. The molecule has 1 aliphatic rings. The minimum atomic E-state index is -2.64. The highest BCUT2D eigenvalue weighted by atomic mass is 19.3. The van der Waals surface area contributed by atoms with E-state index in [0.29, 0.717) is 0 Å². The Hall–Kier alpha value is -0.180. The molecule has 0 aromatic rings. The number of hydrogen-bond acceptors (Lipinski definition) is 1. The van der Waals surface area contributed by atoms with Crippen LogP contribution in [-0.2, 0) is 4.74 Å². The fraction of sp³-hybridized carbons (Fsp3) is 1.00. The molecule has 0 radical (unpaired) electrons. The van der Waals surface area contributed by atoms with Crippen LogP contribution in [0.2, 0.25) is 0 Å². The Morgan fingerprint density at radius 2 is 1.69 bits per heavy atom. The van der Waals surface area contributed by atoms with Gasteiger partial charge in [0.15, 0.2) is 0 Å². The van der Waals surface area contributed by atoms with Crippen molar-refractivity contribution in [2.24, 2.45) is 11.8 Å². The van der Waals surface area contributed by atoms with Crippen molar-refractivity contribution in [3.05, 3.63) is 0 Å². The van der Waals surface area contributed by atoms with Gasteiger partial charge in [0.25, 0.3) is 5.92 Å². The summed E-state index contributed by atoms with van der Waals surface area (Å²) in [5.74, 6) is -2.57. The van der Waals surface area contributed by atoms with Gasteiger partial charge in [-0.1, -0.05) is 27.7 Å². The van der Waals surface area contributed by atoms with Crippen molar-refractivity contribution in [1.29, 1.82) is 0 Å². The van der Waals surface area contributed by atoms with Crippen molar-refractivity contribution < 1.29 is 13.5 Å². The van der Waals surface area contributed by atoms with Crippen LogP contribution in [-0.4, -0.2) is 18.1 Å². The van der Waals surface area contributed by atoms with Gasteiger partial charge in [0.1, 0.15) is 6.10 Å². The third kappa shape index (κ3) is 2.19. The first-order valence-corrected chi connectivity index (χ1v) is 4.88. The highest BCUT2D eigenvalue weighted by Crippen LogP contribution is 2.41. The van der Waals surface area contributed by atoms with E-state index < -0.39 is 12.0 Å². The van der Waals surface area contributed by atoms with Crippen molar-refractivity contribution in [1.82, 2.24) is 0 Å². The van der Waals surface area contributed by atoms with Gasteiger partial charge in [0.05, 0.1) is 6.10 Å². The van der Waals surface area contributed by atoms with Gasteiger partial charge in [-0.25, -0.2) is 8.78 Å². The van der Waals surface area contributed by atoms with Gasteiger partial charge in [0.2, 0.25) is 0 Å². The van der Waals surface area contributed by atoms with E-state index in [1.54, 1.807) is 13.8 Å². The molecule has 1 aliphatic heterocycles. The standard InChI is InChI=1S/C10H18F2O/c1-6(2)8-5-10(11,12)9(13-8)7(3)4/h6-9H,5H2,1-4H3/t8-,9-/m1/s1. The second kappa shape index (κ2) is 3.52. The van der Waals surface area contributed by atoms with Gasteiger partial charge < -0.3 is 4.74 Å². The summed E-state index contributed by atoms with van der Waals surface area (Å²) < 4.78 is 32.0. The third-order valence-corrected chi connectivity index (χ3v) is 2.56. The molecule has 0 spiro atoms. The van der Waals surface area contributed by atoms with Crippen LogP contribution in [0.4, 0.5) is 8.78 Å². The molecule has 1 fully saturated rings. The van der Waals surface area contributed by atoms with Crippen LogP contribution in [0.15, 0.2) is 0 Å². The molecule has 1 saturated heterocycles. The zero-order chi connectivity index (χ0) is 10.2. The van der Waals surface area contributed by atoms with Crippen molar-refractivity contribution >= 4 is 0 Å². The lowest BCUT2D eigenvalue weighted by Crippen LogP contribution is -2.32. The van der Waals surface area contributed by atoms with Crippen molar-refractivity contribution in [2.45, 2.75) is 52.2 Å². The molecule has 1 heterocycles. The SMILES string of the molecule is CC(C)[C@H]1O[C@@H](C(C)C)CC1(F)F. The van der Waals surface area contributed by atoms with E-state index in [1.807, 2.05) is 13.8 Å². The maximum Gasteiger partial charge on any atom is 0.276 e. The molecule has 0 aromatic carbocycles. The summed E-state index contributed by atoms with van der Waals surface area (Å²) in [5.41, 5.74) is 0. The number of alkyl halides is 2. The van der Waals surface area contributed by atoms with Gasteiger partial charge in [0, 0.05) is 6.42 Å². The average Bonchev–Trinajstić information content (AvgIpc) is 2.25. The Morgan fingerprint density at radius 3 is 1.92 bits per heavy atom. The van der Waals surface area contributed by atoms with Crippen molar-refractivity contribution in [3.8, 4) is 0 Å². The summed E-state index contributed by atoms with van der Waals surface area (Å²) in [7, 11) is 0. The van der Waals surface area contributed by atoms with Crippen LogP contribution in [0, 0.1) is 11.8 Å². The molecule has 78 valence electrons. The summed E-state index contributed by atoms with van der Waals surface area (Å²) in [6, 6.07) is 0. The minimum Gasteiger partial charge on any atom is -0.368 e. The fourth-order valence-electron chi connectivity index (χ4n) is 1.76. The number of halogens is 2. The van der Waals surface area contributed by atoms with Crippen LogP contribution in [0.3, 0.4) is 0 Å². The van der Waals surface area contributed by atoms with E-state index in [1.165, 1.54) is 0 Å². The summed E-state index contributed by atoms with van der Waals surface area (Å²) in [6.07, 6.45) is -1.28. The molecule has 13 heavy (non-hydrogen) atoms. The Balaban J connectivity index is 2.68. The molecule has 0 unspecified atom stereocenters. The molecule has 2 atom stereocenters. The average molecular weight is 192 g/mol. The van der Waals surface area contributed by atoms with Crippen LogP contribution in [0.5, 0.6) is 0 Å². The molecule has 3 heteroatoms. The topological polar surface area (TPSA) is 9.23 Å². The second-order valence-electron chi connectivity index (χ2n) is 4.55. The highest BCUT2D eigenvalue weighted by molar-refractivity contribution is 4.91. The molecule has 0 N–H and O–H groups in total. The van der Waals surface area contributed by atoms with E-state index in [9.17, 15) is 8.78 Å². The number of ether oxygens (including phenoxy) is 1. The monoisotopic (exact) mass is 192 g/mol. The van der Waals surface area contributed by atoms with Gasteiger partial charge >= 0.3 is 0 Å². The van der Waals surface area contributed by atoms with E-state index in [2.05, 4.69) is 0 Å². The maximum atomic E-state index is 13.3. The van der Waals surface area contributed by atoms with Crippen LogP contribution in [0.1, 0.15) is 34.1 Å². The van der Waals surface area contributed by atoms with Crippen LogP contribution in [0.25, 0.3) is 0 Å². The van der Waals surface area contributed by atoms with Crippen molar-refractivity contribution in [3.63, 3.8) is 0 Å². The second-order valence-corrected chi connectivity index (χ2v) is 4.55. The molecule has 0 aromatic heterocycles. The van der Waals surface area contributed by atoms with E-state index in [4.69, 9.17) is 4.74 Å². The Kier molecular flexibility index (Phi) is 2.95. The first-order chi connectivity index (χ1) is 5.84. The molecular formula is C10H18F2O. The summed E-state index contributed by atoms with van der Waals surface area (Å²) in [6.45, 7) is 7.40. The smallest absolute Gasteiger partial charge is 0.276 e. The summed E-state index contributed by atoms with van der Waals surface area (Å²) in [5, 5.41) is 0. The van der Waals surface area contributed by atoms with E-state index in [-0.39, 0.29) is 24.4 Å². The lowest BCUT2D eigenvalue weighted by molar-refractivity contribution is -0.0979. The summed E-state index contributed by atoms with van der Waals surface area (Å²) >= 11 is 0. The third-order valence-electron chi connectivity index (χ3n) is 2.56. The molecule has 0 amide bonds. The molecular weight excluding hydrogens is 174 g/mol. The van der Waals surface area contributed by atoms with Gasteiger partial charge in [-0.15, -0.1) is 0 Å². The largest absolute Gasteiger partial charge is 0.368 e. The maximum absolute atomic E-state index is 13.3.